The first-order chi connectivity index (χ1) is 9.48. The van der Waals surface area contributed by atoms with Crippen LogP contribution in [0.25, 0.3) is 0 Å². The van der Waals surface area contributed by atoms with Crippen LogP contribution >= 0.6 is 0 Å². The molecule has 1 heterocycles. The quantitative estimate of drug-likeness (QED) is 0.787. The van der Waals surface area contributed by atoms with Crippen LogP contribution in [-0.2, 0) is 11.3 Å². The summed E-state index contributed by atoms with van der Waals surface area (Å²) < 4.78 is 48.1. The van der Waals surface area contributed by atoms with E-state index in [0.717, 1.165) is 6.26 Å². The topological polar surface area (TPSA) is 39.4 Å². The van der Waals surface area contributed by atoms with Gasteiger partial charge in [-0.05, 0) is 17.7 Å². The molecule has 0 fully saturated rings. The molecule has 0 aliphatic heterocycles. The van der Waals surface area contributed by atoms with Crippen molar-refractivity contribution in [2.45, 2.75) is 18.9 Å². The van der Waals surface area contributed by atoms with E-state index in [1.165, 1.54) is 12.1 Å². The molecule has 3 nitrogen and oxygen atoms in total. The number of halogens is 3. The molecule has 2 rings (SSSR count). The molecular weight excluding hydrogens is 273 g/mol. The molecule has 0 radical (unpaired) electrons. The molecule has 6 heteroatoms. The van der Waals surface area contributed by atoms with E-state index in [4.69, 9.17) is 9.15 Å². The number of Topliss-reactive ketones (excluding diaryl/α,β-unsaturated/α-hetero) is 1. The average Bonchev–Trinajstić information content (AvgIpc) is 2.92. The normalized spacial score (nSPS) is 13.2. The van der Waals surface area contributed by atoms with Crippen LogP contribution in [-0.4, -0.2) is 18.1 Å². The minimum atomic E-state index is -4.79. The Hall–Kier alpha value is -2.08. The van der Waals surface area contributed by atoms with Crippen molar-refractivity contribution in [1.29, 1.82) is 0 Å². The van der Waals surface area contributed by atoms with Gasteiger partial charge in [0, 0.05) is 0 Å². The minimum Gasteiger partial charge on any atom is -0.461 e. The van der Waals surface area contributed by atoms with E-state index >= 15 is 0 Å². The fourth-order valence-corrected chi connectivity index (χ4v) is 1.62. The monoisotopic (exact) mass is 284 g/mol. The Labute approximate surface area is 113 Å². The maximum absolute atomic E-state index is 12.9. The van der Waals surface area contributed by atoms with Crippen LogP contribution < -0.4 is 0 Å². The Balaban J connectivity index is 2.11. The SMILES string of the molecule is O=C(c1ccco1)[C@@H](OCc1ccccc1)C(F)(F)F. The van der Waals surface area contributed by atoms with E-state index in [0.29, 0.717) is 5.56 Å². The van der Waals surface area contributed by atoms with Crippen LogP contribution in [0.1, 0.15) is 16.1 Å². The van der Waals surface area contributed by atoms with Crippen LogP contribution in [0.15, 0.2) is 53.1 Å². The van der Waals surface area contributed by atoms with Gasteiger partial charge in [-0.1, -0.05) is 30.3 Å². The van der Waals surface area contributed by atoms with E-state index in [1.54, 1.807) is 30.3 Å². The molecule has 1 aromatic carbocycles. The largest absolute Gasteiger partial charge is 0.461 e. The predicted molar refractivity (Wildman–Crippen MR) is 64.1 cm³/mol. The number of ether oxygens (including phenoxy) is 1. The molecule has 20 heavy (non-hydrogen) atoms. The Bertz CT molecular complexity index is 547. The molecule has 2 aromatic rings. The summed E-state index contributed by atoms with van der Waals surface area (Å²) in [4.78, 5) is 11.7. The van der Waals surface area contributed by atoms with Gasteiger partial charge < -0.3 is 9.15 Å². The zero-order valence-corrected chi connectivity index (χ0v) is 10.3. The van der Waals surface area contributed by atoms with Crippen LogP contribution in [0.5, 0.6) is 0 Å². The number of carbonyl (C=O) groups excluding carboxylic acids is 1. The van der Waals surface area contributed by atoms with Crippen molar-refractivity contribution in [1.82, 2.24) is 0 Å². The second-order valence-electron chi connectivity index (χ2n) is 4.06. The number of rotatable bonds is 5. The number of furan rings is 1. The van der Waals surface area contributed by atoms with Gasteiger partial charge in [0.2, 0.25) is 11.9 Å². The molecule has 0 N–H and O–H groups in total. The number of hydrogen-bond acceptors (Lipinski definition) is 3. The number of ketones is 1. The van der Waals surface area contributed by atoms with Crippen molar-refractivity contribution in [2.75, 3.05) is 0 Å². The van der Waals surface area contributed by atoms with Gasteiger partial charge in [0.1, 0.15) is 0 Å². The third-order valence-corrected chi connectivity index (χ3v) is 2.56. The van der Waals surface area contributed by atoms with Gasteiger partial charge in [-0.25, -0.2) is 0 Å². The number of alkyl halides is 3. The molecular formula is C14H11F3O3. The number of carbonyl (C=O) groups is 1. The molecule has 0 aliphatic carbocycles. The van der Waals surface area contributed by atoms with Crippen LogP contribution in [0.4, 0.5) is 13.2 Å². The Morgan fingerprint density at radius 1 is 1.15 bits per heavy atom. The molecule has 0 saturated heterocycles. The summed E-state index contributed by atoms with van der Waals surface area (Å²) in [5, 5.41) is 0. The van der Waals surface area contributed by atoms with Gasteiger partial charge in [-0.3, -0.25) is 4.79 Å². The maximum atomic E-state index is 12.9. The Kier molecular flexibility index (Phi) is 4.24. The lowest BCUT2D eigenvalue weighted by Gasteiger charge is -2.18. The smallest absolute Gasteiger partial charge is 0.422 e. The summed E-state index contributed by atoms with van der Waals surface area (Å²) in [6, 6.07) is 10.8. The number of hydrogen-bond donors (Lipinski definition) is 0. The van der Waals surface area contributed by atoms with Gasteiger partial charge in [0.15, 0.2) is 5.76 Å². The molecule has 0 unspecified atom stereocenters. The molecule has 1 aromatic heterocycles. The first kappa shape index (κ1) is 14.3. The lowest BCUT2D eigenvalue weighted by molar-refractivity contribution is -0.205. The van der Waals surface area contributed by atoms with Crippen molar-refractivity contribution in [3.05, 3.63) is 60.1 Å². The molecule has 106 valence electrons. The highest BCUT2D eigenvalue weighted by atomic mass is 19.4. The van der Waals surface area contributed by atoms with E-state index < -0.39 is 18.1 Å². The van der Waals surface area contributed by atoms with Crippen LogP contribution in [0, 0.1) is 0 Å². The lowest BCUT2D eigenvalue weighted by Crippen LogP contribution is -2.39. The second kappa shape index (κ2) is 5.92. The summed E-state index contributed by atoms with van der Waals surface area (Å²) in [6.07, 6.45) is -6.19. The van der Waals surface area contributed by atoms with Gasteiger partial charge in [0.05, 0.1) is 12.9 Å². The predicted octanol–water partition coefficient (Wildman–Crippen LogP) is 3.61. The highest BCUT2D eigenvalue weighted by Gasteiger charge is 2.47. The Morgan fingerprint density at radius 2 is 1.85 bits per heavy atom. The minimum absolute atomic E-state index is 0.308. The van der Waals surface area contributed by atoms with Gasteiger partial charge in [-0.2, -0.15) is 13.2 Å². The number of benzene rings is 1. The highest BCUT2D eigenvalue weighted by Crippen LogP contribution is 2.27. The van der Waals surface area contributed by atoms with E-state index in [9.17, 15) is 18.0 Å². The molecule has 0 spiro atoms. The zero-order valence-electron chi connectivity index (χ0n) is 10.3. The standard InChI is InChI=1S/C14H11F3O3/c15-14(16,17)13(12(18)11-7-4-8-19-11)20-9-10-5-2-1-3-6-10/h1-8,13H,9H2/t13-/m1/s1. The van der Waals surface area contributed by atoms with Crippen LogP contribution in [0.2, 0.25) is 0 Å². The molecule has 0 aliphatic rings. The van der Waals surface area contributed by atoms with Gasteiger partial charge in [-0.15, -0.1) is 0 Å². The van der Waals surface area contributed by atoms with Crippen molar-refractivity contribution in [3.8, 4) is 0 Å². The first-order valence-corrected chi connectivity index (χ1v) is 5.78. The molecule has 0 bridgehead atoms. The first-order valence-electron chi connectivity index (χ1n) is 5.78. The third kappa shape index (κ3) is 3.48. The van der Waals surface area contributed by atoms with E-state index in [2.05, 4.69) is 0 Å². The van der Waals surface area contributed by atoms with Crippen molar-refractivity contribution >= 4 is 5.78 Å². The Morgan fingerprint density at radius 3 is 2.40 bits per heavy atom. The zero-order chi connectivity index (χ0) is 14.6. The van der Waals surface area contributed by atoms with Crippen molar-refractivity contribution in [3.63, 3.8) is 0 Å². The molecule has 0 amide bonds. The summed E-state index contributed by atoms with van der Waals surface area (Å²) >= 11 is 0. The van der Waals surface area contributed by atoms with E-state index in [-0.39, 0.29) is 12.4 Å². The van der Waals surface area contributed by atoms with Crippen molar-refractivity contribution < 1.29 is 27.1 Å². The molecule has 1 atom stereocenters. The summed E-state index contributed by atoms with van der Waals surface area (Å²) in [5.74, 6) is -1.61. The lowest BCUT2D eigenvalue weighted by atomic mass is 10.1. The summed E-state index contributed by atoms with van der Waals surface area (Å²) in [5.41, 5.74) is 0.550. The van der Waals surface area contributed by atoms with Gasteiger partial charge in [0.25, 0.3) is 0 Å². The molecule has 0 saturated carbocycles. The third-order valence-electron chi connectivity index (χ3n) is 2.56. The average molecular weight is 284 g/mol. The summed E-state index contributed by atoms with van der Waals surface area (Å²) in [7, 11) is 0. The summed E-state index contributed by atoms with van der Waals surface area (Å²) in [6.45, 7) is -0.308. The fourth-order valence-electron chi connectivity index (χ4n) is 1.62. The highest BCUT2D eigenvalue weighted by molar-refractivity contribution is 5.97. The van der Waals surface area contributed by atoms with Gasteiger partial charge >= 0.3 is 6.18 Å². The van der Waals surface area contributed by atoms with E-state index in [1.807, 2.05) is 0 Å². The maximum Gasteiger partial charge on any atom is 0.422 e. The van der Waals surface area contributed by atoms with Crippen LogP contribution in [0.3, 0.4) is 0 Å². The van der Waals surface area contributed by atoms with Crippen molar-refractivity contribution in [2.24, 2.45) is 0 Å². The fraction of sp³-hybridized carbons (Fsp3) is 0.214. The second-order valence-corrected chi connectivity index (χ2v) is 4.06.